The first-order chi connectivity index (χ1) is 10.1. The first-order valence-corrected chi connectivity index (χ1v) is 8.25. The lowest BCUT2D eigenvalue weighted by Gasteiger charge is -2.07. The number of amides is 1. The van der Waals surface area contributed by atoms with E-state index in [0.29, 0.717) is 11.3 Å². The van der Waals surface area contributed by atoms with E-state index < -0.39 is 0 Å². The second-order valence-corrected chi connectivity index (χ2v) is 7.86. The number of nitrogens with one attached hydrogen (secondary N) is 1. The van der Waals surface area contributed by atoms with E-state index in [0.717, 1.165) is 13.3 Å². The van der Waals surface area contributed by atoms with Crippen molar-refractivity contribution in [1.29, 1.82) is 0 Å². The molecular weight excluding hydrogens is 420 g/mol. The van der Waals surface area contributed by atoms with Crippen molar-refractivity contribution in [2.75, 3.05) is 5.32 Å². The number of benzene rings is 1. The first-order valence-electron chi connectivity index (χ1n) is 5.85. The van der Waals surface area contributed by atoms with Gasteiger partial charge in [-0.25, -0.2) is 0 Å². The van der Waals surface area contributed by atoms with Crippen molar-refractivity contribution >= 4 is 54.8 Å². The summed E-state index contributed by atoms with van der Waals surface area (Å²) in [6.07, 6.45) is 3.21. The van der Waals surface area contributed by atoms with Crippen LogP contribution in [0.4, 0.5) is 5.69 Å². The zero-order valence-corrected chi connectivity index (χ0v) is 14.4. The molecule has 3 rings (SSSR count). The van der Waals surface area contributed by atoms with Crippen LogP contribution in [0.2, 0.25) is 0 Å². The Kier molecular flexibility index (Phi) is 4.18. The number of anilines is 1. The molecule has 0 aliphatic rings. The largest absolute Gasteiger partial charge is 0.322 e. The van der Waals surface area contributed by atoms with Crippen molar-refractivity contribution in [1.82, 2.24) is 14.8 Å². The second kappa shape index (κ2) is 6.08. The minimum absolute atomic E-state index is 0.162. The average Bonchev–Trinajstić information content (AvgIpc) is 3.08. The van der Waals surface area contributed by atoms with Crippen LogP contribution in [0.1, 0.15) is 10.4 Å². The van der Waals surface area contributed by atoms with Crippen LogP contribution in [0.15, 0.2) is 50.6 Å². The molecule has 0 aliphatic carbocycles. The van der Waals surface area contributed by atoms with E-state index in [1.165, 1.54) is 11.3 Å². The number of carbonyl (C=O) groups excluding carboxylic acids is 1. The van der Waals surface area contributed by atoms with Crippen molar-refractivity contribution in [3.05, 3.63) is 56.1 Å². The Labute approximate surface area is 141 Å². The number of thiophene rings is 1. The van der Waals surface area contributed by atoms with Crippen LogP contribution in [0.3, 0.4) is 0 Å². The fourth-order valence-electron chi connectivity index (χ4n) is 1.77. The summed E-state index contributed by atoms with van der Waals surface area (Å²) < 4.78 is 3.46. The Bertz CT molecular complexity index is 785. The zero-order valence-electron chi connectivity index (χ0n) is 10.5. The molecular formula is C13H8Br2N4OS. The summed E-state index contributed by atoms with van der Waals surface area (Å²) in [6, 6.07) is 9.25. The highest BCUT2D eigenvalue weighted by Gasteiger charge is 2.14. The van der Waals surface area contributed by atoms with Crippen LogP contribution in [0.25, 0.3) is 5.69 Å². The normalized spacial score (nSPS) is 10.6. The summed E-state index contributed by atoms with van der Waals surface area (Å²) in [5, 5.41) is 10.4. The Morgan fingerprint density at radius 2 is 1.95 bits per heavy atom. The molecule has 106 valence electrons. The highest BCUT2D eigenvalue weighted by atomic mass is 79.9. The van der Waals surface area contributed by atoms with Crippen LogP contribution in [-0.4, -0.2) is 20.7 Å². The third-order valence-corrected chi connectivity index (χ3v) is 5.06. The summed E-state index contributed by atoms with van der Waals surface area (Å²) in [7, 11) is 0. The first kappa shape index (κ1) is 14.4. The average molecular weight is 428 g/mol. The molecule has 2 aromatic heterocycles. The van der Waals surface area contributed by atoms with Crippen LogP contribution in [-0.2, 0) is 0 Å². The van der Waals surface area contributed by atoms with Gasteiger partial charge >= 0.3 is 0 Å². The van der Waals surface area contributed by atoms with Crippen molar-refractivity contribution in [2.45, 2.75) is 0 Å². The van der Waals surface area contributed by atoms with Crippen molar-refractivity contribution in [2.24, 2.45) is 0 Å². The molecule has 2 heterocycles. The lowest BCUT2D eigenvalue weighted by Crippen LogP contribution is -2.11. The number of rotatable bonds is 3. The van der Waals surface area contributed by atoms with Crippen LogP contribution >= 0.6 is 43.2 Å². The number of nitrogens with zero attached hydrogens (tertiary/aromatic N) is 3. The van der Waals surface area contributed by atoms with Gasteiger partial charge in [-0.1, -0.05) is 6.07 Å². The standard InChI is InChI=1S/C13H8Br2N4OS/c14-11-5-10(12(15)21-11)13(20)18-8-2-1-3-9(4-8)19-6-16-17-7-19/h1-7H,(H,18,20). The predicted octanol–water partition coefficient (Wildman–Crippen LogP) is 4.11. The van der Waals surface area contributed by atoms with Gasteiger partial charge in [-0.15, -0.1) is 21.5 Å². The van der Waals surface area contributed by atoms with Crippen molar-refractivity contribution in [3.8, 4) is 5.69 Å². The van der Waals surface area contributed by atoms with E-state index in [2.05, 4.69) is 47.4 Å². The quantitative estimate of drug-likeness (QED) is 0.684. The van der Waals surface area contributed by atoms with Crippen LogP contribution in [0.5, 0.6) is 0 Å². The maximum Gasteiger partial charge on any atom is 0.257 e. The molecule has 0 atom stereocenters. The Hall–Kier alpha value is -1.51. The maximum absolute atomic E-state index is 12.3. The molecule has 0 aliphatic heterocycles. The van der Waals surface area contributed by atoms with Gasteiger partial charge in [0.2, 0.25) is 0 Å². The molecule has 5 nitrogen and oxygen atoms in total. The molecule has 8 heteroatoms. The molecule has 1 amide bonds. The van der Waals surface area contributed by atoms with Gasteiger partial charge in [-0.2, -0.15) is 0 Å². The number of hydrogen-bond acceptors (Lipinski definition) is 4. The summed E-state index contributed by atoms with van der Waals surface area (Å²) in [4.78, 5) is 12.3. The Morgan fingerprint density at radius 3 is 2.62 bits per heavy atom. The van der Waals surface area contributed by atoms with Gasteiger partial charge in [-0.3, -0.25) is 9.36 Å². The Balaban J connectivity index is 1.84. The van der Waals surface area contributed by atoms with E-state index in [4.69, 9.17) is 0 Å². The number of halogens is 2. The van der Waals surface area contributed by atoms with Crippen LogP contribution < -0.4 is 5.32 Å². The van der Waals surface area contributed by atoms with Gasteiger partial charge in [0.25, 0.3) is 5.91 Å². The van der Waals surface area contributed by atoms with Gasteiger partial charge in [0.05, 0.1) is 18.8 Å². The van der Waals surface area contributed by atoms with E-state index in [1.54, 1.807) is 23.3 Å². The van der Waals surface area contributed by atoms with Gasteiger partial charge in [0.15, 0.2) is 0 Å². The molecule has 3 aromatic rings. The fraction of sp³-hybridized carbons (Fsp3) is 0. The van der Waals surface area contributed by atoms with E-state index >= 15 is 0 Å². The fourth-order valence-corrected chi connectivity index (χ4v) is 4.57. The summed E-state index contributed by atoms with van der Waals surface area (Å²) in [6.45, 7) is 0. The molecule has 1 aromatic carbocycles. The molecule has 0 radical (unpaired) electrons. The SMILES string of the molecule is O=C(Nc1cccc(-n2cnnc2)c1)c1cc(Br)sc1Br. The zero-order chi connectivity index (χ0) is 14.8. The van der Waals surface area contributed by atoms with Gasteiger partial charge in [0.1, 0.15) is 12.7 Å². The van der Waals surface area contributed by atoms with Crippen LogP contribution in [0, 0.1) is 0 Å². The third-order valence-electron chi connectivity index (χ3n) is 2.72. The monoisotopic (exact) mass is 426 g/mol. The van der Waals surface area contributed by atoms with Gasteiger partial charge < -0.3 is 5.32 Å². The molecule has 1 N–H and O–H groups in total. The summed E-state index contributed by atoms with van der Waals surface area (Å²) in [5.41, 5.74) is 2.19. The topological polar surface area (TPSA) is 59.8 Å². The Morgan fingerprint density at radius 1 is 1.19 bits per heavy atom. The van der Waals surface area contributed by atoms with Gasteiger partial charge in [-0.05, 0) is 56.1 Å². The molecule has 0 spiro atoms. The minimum Gasteiger partial charge on any atom is -0.322 e. The van der Waals surface area contributed by atoms with Gasteiger partial charge in [0, 0.05) is 5.69 Å². The van der Waals surface area contributed by atoms with E-state index in [9.17, 15) is 4.79 Å². The lowest BCUT2D eigenvalue weighted by molar-refractivity contribution is 0.102. The lowest BCUT2D eigenvalue weighted by atomic mass is 10.2. The molecule has 21 heavy (non-hydrogen) atoms. The number of carbonyl (C=O) groups is 1. The number of hydrogen-bond donors (Lipinski definition) is 1. The van der Waals surface area contributed by atoms with E-state index in [1.807, 2.05) is 24.3 Å². The highest BCUT2D eigenvalue weighted by molar-refractivity contribution is 9.12. The molecule has 0 bridgehead atoms. The maximum atomic E-state index is 12.3. The summed E-state index contributed by atoms with van der Waals surface area (Å²) >= 11 is 8.21. The highest BCUT2D eigenvalue weighted by Crippen LogP contribution is 2.32. The number of aromatic nitrogens is 3. The molecule has 0 saturated carbocycles. The predicted molar refractivity (Wildman–Crippen MR) is 89.0 cm³/mol. The molecule has 0 fully saturated rings. The molecule has 0 unspecified atom stereocenters. The third kappa shape index (κ3) is 3.22. The smallest absolute Gasteiger partial charge is 0.257 e. The second-order valence-electron chi connectivity index (χ2n) is 4.11. The molecule has 0 saturated heterocycles. The van der Waals surface area contributed by atoms with Crippen molar-refractivity contribution in [3.63, 3.8) is 0 Å². The van der Waals surface area contributed by atoms with E-state index in [-0.39, 0.29) is 5.91 Å². The summed E-state index contributed by atoms with van der Waals surface area (Å²) in [5.74, 6) is -0.162. The minimum atomic E-state index is -0.162. The van der Waals surface area contributed by atoms with Crippen molar-refractivity contribution < 1.29 is 4.79 Å².